The van der Waals surface area contributed by atoms with Crippen LogP contribution >= 0.6 is 23.2 Å². The van der Waals surface area contributed by atoms with Crippen LogP contribution in [0.15, 0.2) is 18.2 Å². The molecule has 1 fully saturated rings. The van der Waals surface area contributed by atoms with E-state index in [1.165, 1.54) is 0 Å². The summed E-state index contributed by atoms with van der Waals surface area (Å²) in [5.41, 5.74) is 0.478. The molecule has 0 saturated heterocycles. The molecule has 2 N–H and O–H groups in total. The van der Waals surface area contributed by atoms with Crippen LogP contribution in [0.2, 0.25) is 10.0 Å². The highest BCUT2D eigenvalue weighted by molar-refractivity contribution is 6.36. The Morgan fingerprint density at radius 2 is 2.00 bits per heavy atom. The fraction of sp³-hybridized carbons (Fsp3) is 0.333. The quantitative estimate of drug-likeness (QED) is 0.893. The maximum Gasteiger partial charge on any atom is 0.243 e. The molecule has 0 heterocycles. The van der Waals surface area contributed by atoms with Crippen molar-refractivity contribution in [2.24, 2.45) is 5.92 Å². The van der Waals surface area contributed by atoms with Crippen LogP contribution in [0.25, 0.3) is 0 Å². The Bertz CT molecular complexity index is 487. The van der Waals surface area contributed by atoms with E-state index in [0.29, 0.717) is 15.7 Å². The molecule has 96 valence electrons. The molecule has 0 radical (unpaired) electrons. The number of halogens is 2. The van der Waals surface area contributed by atoms with Crippen LogP contribution in [0.5, 0.6) is 0 Å². The SMILES string of the molecule is O=C(CNC(=O)C1CC1)Nc1ccc(Cl)cc1Cl. The zero-order valence-corrected chi connectivity index (χ0v) is 11.0. The van der Waals surface area contributed by atoms with E-state index < -0.39 is 0 Å². The molecule has 1 saturated carbocycles. The van der Waals surface area contributed by atoms with Crippen LogP contribution in [-0.4, -0.2) is 18.4 Å². The second kappa shape index (κ2) is 5.59. The molecule has 1 aliphatic rings. The van der Waals surface area contributed by atoms with Crippen LogP contribution in [0.4, 0.5) is 5.69 Å². The third-order valence-electron chi connectivity index (χ3n) is 2.58. The van der Waals surface area contributed by atoms with E-state index in [2.05, 4.69) is 10.6 Å². The third-order valence-corrected chi connectivity index (χ3v) is 3.12. The molecular weight excluding hydrogens is 275 g/mol. The van der Waals surface area contributed by atoms with E-state index in [4.69, 9.17) is 23.2 Å². The van der Waals surface area contributed by atoms with Crippen molar-refractivity contribution in [2.75, 3.05) is 11.9 Å². The fourth-order valence-corrected chi connectivity index (χ4v) is 1.90. The first-order valence-electron chi connectivity index (χ1n) is 5.59. The van der Waals surface area contributed by atoms with Gasteiger partial charge in [-0.15, -0.1) is 0 Å². The molecule has 4 nitrogen and oxygen atoms in total. The van der Waals surface area contributed by atoms with Crippen molar-refractivity contribution in [3.63, 3.8) is 0 Å². The van der Waals surface area contributed by atoms with Crippen molar-refractivity contribution < 1.29 is 9.59 Å². The highest BCUT2D eigenvalue weighted by atomic mass is 35.5. The normalized spacial score (nSPS) is 14.1. The van der Waals surface area contributed by atoms with Gasteiger partial charge >= 0.3 is 0 Å². The van der Waals surface area contributed by atoms with E-state index in [9.17, 15) is 9.59 Å². The number of carbonyl (C=O) groups excluding carboxylic acids is 2. The van der Waals surface area contributed by atoms with Crippen molar-refractivity contribution >= 4 is 40.7 Å². The Kier molecular flexibility index (Phi) is 4.09. The first-order chi connectivity index (χ1) is 8.56. The van der Waals surface area contributed by atoms with E-state index >= 15 is 0 Å². The Morgan fingerprint density at radius 3 is 2.61 bits per heavy atom. The minimum atomic E-state index is -0.312. The van der Waals surface area contributed by atoms with Gasteiger partial charge in [0.15, 0.2) is 0 Å². The summed E-state index contributed by atoms with van der Waals surface area (Å²) in [7, 11) is 0. The summed E-state index contributed by atoms with van der Waals surface area (Å²) >= 11 is 11.7. The average Bonchev–Trinajstić information content (AvgIpc) is 3.14. The van der Waals surface area contributed by atoms with Crippen LogP contribution in [0.1, 0.15) is 12.8 Å². The average molecular weight is 287 g/mol. The monoisotopic (exact) mass is 286 g/mol. The topological polar surface area (TPSA) is 58.2 Å². The maximum absolute atomic E-state index is 11.6. The minimum Gasteiger partial charge on any atom is -0.347 e. The standard InChI is InChI=1S/C12H12Cl2N2O2/c13-8-3-4-10(9(14)5-8)16-11(17)6-15-12(18)7-1-2-7/h3-5,7H,1-2,6H2,(H,15,18)(H,16,17). The van der Waals surface area contributed by atoms with Gasteiger partial charge in [0.25, 0.3) is 0 Å². The third kappa shape index (κ3) is 3.62. The van der Waals surface area contributed by atoms with Crippen molar-refractivity contribution in [1.82, 2.24) is 5.32 Å². The van der Waals surface area contributed by atoms with Crippen molar-refractivity contribution in [2.45, 2.75) is 12.8 Å². The van der Waals surface area contributed by atoms with Gasteiger partial charge in [0, 0.05) is 10.9 Å². The molecule has 0 aliphatic heterocycles. The highest BCUT2D eigenvalue weighted by Gasteiger charge is 2.29. The largest absolute Gasteiger partial charge is 0.347 e. The number of hydrogen-bond donors (Lipinski definition) is 2. The molecule has 2 rings (SSSR count). The Hall–Kier alpha value is -1.26. The number of hydrogen-bond acceptors (Lipinski definition) is 2. The molecule has 0 aromatic heterocycles. The maximum atomic E-state index is 11.6. The van der Waals surface area contributed by atoms with Gasteiger partial charge in [0.05, 0.1) is 17.3 Å². The summed E-state index contributed by atoms with van der Waals surface area (Å²) in [6.45, 7) is -0.0473. The van der Waals surface area contributed by atoms with E-state index in [1.54, 1.807) is 18.2 Å². The van der Waals surface area contributed by atoms with Gasteiger partial charge in [-0.25, -0.2) is 0 Å². The molecule has 2 amide bonds. The smallest absolute Gasteiger partial charge is 0.243 e. The first kappa shape index (κ1) is 13.2. The van der Waals surface area contributed by atoms with Crippen molar-refractivity contribution in [3.8, 4) is 0 Å². The first-order valence-corrected chi connectivity index (χ1v) is 6.34. The number of nitrogens with one attached hydrogen (secondary N) is 2. The zero-order valence-electron chi connectivity index (χ0n) is 9.50. The van der Waals surface area contributed by atoms with Crippen LogP contribution in [0.3, 0.4) is 0 Å². The Labute approximate surface area is 115 Å². The predicted molar refractivity (Wildman–Crippen MR) is 70.8 cm³/mol. The number of carbonyl (C=O) groups is 2. The van der Waals surface area contributed by atoms with Gasteiger partial charge in [0.1, 0.15) is 0 Å². The molecule has 0 unspecified atom stereocenters. The van der Waals surface area contributed by atoms with Crippen molar-refractivity contribution in [1.29, 1.82) is 0 Å². The molecular formula is C12H12Cl2N2O2. The number of rotatable bonds is 4. The van der Waals surface area contributed by atoms with Gasteiger partial charge in [-0.3, -0.25) is 9.59 Å². The van der Waals surface area contributed by atoms with Crippen molar-refractivity contribution in [3.05, 3.63) is 28.2 Å². The second-order valence-electron chi connectivity index (χ2n) is 4.16. The van der Waals surface area contributed by atoms with E-state index in [1.807, 2.05) is 0 Å². The molecule has 0 atom stereocenters. The second-order valence-corrected chi connectivity index (χ2v) is 5.01. The molecule has 0 bridgehead atoms. The predicted octanol–water partition coefficient (Wildman–Crippen LogP) is 2.46. The summed E-state index contributed by atoms with van der Waals surface area (Å²) in [5.74, 6) is -0.280. The summed E-state index contributed by atoms with van der Waals surface area (Å²) in [5, 5.41) is 6.05. The lowest BCUT2D eigenvalue weighted by Crippen LogP contribution is -2.33. The zero-order chi connectivity index (χ0) is 13.1. The fourth-order valence-electron chi connectivity index (χ4n) is 1.44. The van der Waals surface area contributed by atoms with Crippen LogP contribution in [-0.2, 0) is 9.59 Å². The highest BCUT2D eigenvalue weighted by Crippen LogP contribution is 2.28. The molecule has 18 heavy (non-hydrogen) atoms. The van der Waals surface area contributed by atoms with E-state index in [0.717, 1.165) is 12.8 Å². The van der Waals surface area contributed by atoms with Crippen LogP contribution in [0, 0.1) is 5.92 Å². The minimum absolute atomic E-state index is 0.0473. The lowest BCUT2D eigenvalue weighted by Gasteiger charge is -2.08. The molecule has 0 spiro atoms. The molecule has 6 heteroatoms. The van der Waals surface area contributed by atoms with Gasteiger partial charge in [-0.05, 0) is 31.0 Å². The molecule has 1 aromatic carbocycles. The Morgan fingerprint density at radius 1 is 1.28 bits per heavy atom. The molecule has 1 aromatic rings. The lowest BCUT2D eigenvalue weighted by atomic mass is 10.3. The van der Waals surface area contributed by atoms with E-state index in [-0.39, 0.29) is 24.3 Å². The Balaban J connectivity index is 1.84. The lowest BCUT2D eigenvalue weighted by molar-refractivity contribution is -0.125. The van der Waals surface area contributed by atoms with Gasteiger partial charge in [-0.1, -0.05) is 23.2 Å². The number of anilines is 1. The number of benzene rings is 1. The summed E-state index contributed by atoms with van der Waals surface area (Å²) in [6.07, 6.45) is 1.83. The van der Waals surface area contributed by atoms with Crippen LogP contribution < -0.4 is 10.6 Å². The summed E-state index contributed by atoms with van der Waals surface area (Å²) in [6, 6.07) is 4.79. The molecule has 1 aliphatic carbocycles. The van der Waals surface area contributed by atoms with Gasteiger partial charge in [-0.2, -0.15) is 0 Å². The summed E-state index contributed by atoms with van der Waals surface area (Å²) in [4.78, 5) is 22.9. The number of amides is 2. The summed E-state index contributed by atoms with van der Waals surface area (Å²) < 4.78 is 0. The van der Waals surface area contributed by atoms with Gasteiger partial charge in [0.2, 0.25) is 11.8 Å². The van der Waals surface area contributed by atoms with Gasteiger partial charge < -0.3 is 10.6 Å².